The lowest BCUT2D eigenvalue weighted by Gasteiger charge is -2.44. The summed E-state index contributed by atoms with van der Waals surface area (Å²) >= 11 is 0. The Morgan fingerprint density at radius 2 is 1.94 bits per heavy atom. The van der Waals surface area contributed by atoms with Crippen molar-refractivity contribution >= 4 is 11.4 Å². The van der Waals surface area contributed by atoms with Gasteiger partial charge in [0.25, 0.3) is 0 Å². The summed E-state index contributed by atoms with van der Waals surface area (Å²) in [6.07, 6.45) is 0.976. The Hall–Kier alpha value is -2.41. The summed E-state index contributed by atoms with van der Waals surface area (Å²) in [5, 5.41) is 2.83. The van der Waals surface area contributed by atoms with E-state index in [9.17, 15) is 8.78 Å². The van der Waals surface area contributed by atoms with Crippen molar-refractivity contribution in [1.29, 1.82) is 0 Å². The Morgan fingerprint density at radius 3 is 2.58 bits per heavy atom. The van der Waals surface area contributed by atoms with E-state index >= 15 is 8.78 Å². The number of nitrogens with one attached hydrogen (secondary N) is 1. The van der Waals surface area contributed by atoms with E-state index < -0.39 is 23.5 Å². The summed E-state index contributed by atoms with van der Waals surface area (Å²) in [6, 6.07) is 4.80. The molecule has 3 nitrogen and oxygen atoms in total. The number of rotatable bonds is 5. The van der Waals surface area contributed by atoms with E-state index in [-0.39, 0.29) is 29.8 Å². The fraction of sp³-hybridized carbons (Fsp3) is 0.458. The second-order valence-electron chi connectivity index (χ2n) is 9.05. The zero-order valence-corrected chi connectivity index (χ0v) is 18.2. The van der Waals surface area contributed by atoms with Crippen LogP contribution in [0.5, 0.6) is 0 Å². The van der Waals surface area contributed by atoms with Crippen molar-refractivity contribution in [3.05, 3.63) is 64.1 Å². The molecular formula is C24H27F4N3. The number of aromatic nitrogens is 1. The van der Waals surface area contributed by atoms with E-state index in [0.29, 0.717) is 19.4 Å². The van der Waals surface area contributed by atoms with Gasteiger partial charge in [0.2, 0.25) is 5.95 Å². The number of halogens is 4. The Balaban J connectivity index is 1.88. The van der Waals surface area contributed by atoms with E-state index in [1.807, 2.05) is 18.7 Å². The molecule has 2 aliphatic rings. The quantitative estimate of drug-likeness (QED) is 0.475. The summed E-state index contributed by atoms with van der Waals surface area (Å²) < 4.78 is 59.1. The van der Waals surface area contributed by atoms with E-state index in [1.54, 1.807) is 6.07 Å². The van der Waals surface area contributed by atoms with E-state index in [0.717, 1.165) is 22.3 Å². The average Bonchev–Trinajstić information content (AvgIpc) is 2.99. The monoisotopic (exact) mass is 433 g/mol. The molecule has 2 heterocycles. The number of benzene rings is 1. The van der Waals surface area contributed by atoms with Gasteiger partial charge in [-0.25, -0.2) is 18.2 Å². The van der Waals surface area contributed by atoms with Gasteiger partial charge >= 0.3 is 0 Å². The molecule has 1 aromatic heterocycles. The number of hydrogen-bond acceptors (Lipinski definition) is 3. The predicted molar refractivity (Wildman–Crippen MR) is 114 cm³/mol. The van der Waals surface area contributed by atoms with Gasteiger partial charge < -0.3 is 5.32 Å². The van der Waals surface area contributed by atoms with Crippen LogP contribution in [0.1, 0.15) is 56.8 Å². The first-order valence-electron chi connectivity index (χ1n) is 10.6. The van der Waals surface area contributed by atoms with Crippen molar-refractivity contribution in [2.75, 3.05) is 18.4 Å². The van der Waals surface area contributed by atoms with Crippen LogP contribution in [0.15, 0.2) is 29.8 Å². The van der Waals surface area contributed by atoms with Gasteiger partial charge in [-0.3, -0.25) is 4.90 Å². The molecule has 4 rings (SSSR count). The topological polar surface area (TPSA) is 28.2 Å². The number of fused-ring (bicyclic) bond motifs is 2. The van der Waals surface area contributed by atoms with Crippen molar-refractivity contribution in [3.8, 4) is 0 Å². The molecule has 2 aromatic rings. The SMILES string of the molecule is CCNc1cc(F)c(C2C3=C(CC(C)N2CC(C)(C)F)c2ccc(F)cc2C3)c(F)n1. The first-order valence-corrected chi connectivity index (χ1v) is 10.6. The zero-order chi connectivity index (χ0) is 22.5. The van der Waals surface area contributed by atoms with Crippen molar-refractivity contribution in [3.63, 3.8) is 0 Å². The van der Waals surface area contributed by atoms with Crippen LogP contribution in [-0.4, -0.2) is 34.7 Å². The third kappa shape index (κ3) is 4.07. The Morgan fingerprint density at radius 1 is 1.19 bits per heavy atom. The zero-order valence-electron chi connectivity index (χ0n) is 18.2. The van der Waals surface area contributed by atoms with Crippen LogP contribution in [0.3, 0.4) is 0 Å². The molecule has 166 valence electrons. The van der Waals surface area contributed by atoms with Gasteiger partial charge in [0.05, 0.1) is 11.6 Å². The summed E-state index contributed by atoms with van der Waals surface area (Å²) in [5.74, 6) is -1.86. The summed E-state index contributed by atoms with van der Waals surface area (Å²) in [4.78, 5) is 5.73. The van der Waals surface area contributed by atoms with Crippen LogP contribution in [0.4, 0.5) is 23.4 Å². The van der Waals surface area contributed by atoms with Gasteiger partial charge in [-0.1, -0.05) is 6.07 Å². The molecule has 0 radical (unpaired) electrons. The Labute approximate surface area is 180 Å². The first-order chi connectivity index (χ1) is 14.6. The molecule has 0 spiro atoms. The van der Waals surface area contributed by atoms with Gasteiger partial charge in [-0.2, -0.15) is 4.39 Å². The highest BCUT2D eigenvalue weighted by Crippen LogP contribution is 2.50. The second-order valence-corrected chi connectivity index (χ2v) is 9.05. The van der Waals surface area contributed by atoms with Crippen molar-refractivity contribution in [2.45, 2.75) is 58.3 Å². The lowest BCUT2D eigenvalue weighted by atomic mass is 9.84. The van der Waals surface area contributed by atoms with Crippen LogP contribution in [0.25, 0.3) is 5.57 Å². The highest BCUT2D eigenvalue weighted by Gasteiger charge is 2.43. The van der Waals surface area contributed by atoms with Crippen LogP contribution in [-0.2, 0) is 6.42 Å². The van der Waals surface area contributed by atoms with Crippen LogP contribution < -0.4 is 5.32 Å². The Bertz CT molecular complexity index is 1020. The average molecular weight is 433 g/mol. The molecule has 1 aliphatic carbocycles. The standard InChI is InChI=1S/C24H27F4N3/c1-5-29-20-11-19(26)21(23(27)30-20)22-18-10-14-9-15(25)6-7-16(14)17(18)8-13(2)31(22)12-24(3,4)28/h6-7,9,11,13,22H,5,8,10,12H2,1-4H3,(H,29,30). The normalized spacial score (nSPS) is 21.3. The number of alkyl halides is 1. The molecular weight excluding hydrogens is 406 g/mol. The van der Waals surface area contributed by atoms with Gasteiger partial charge in [0.15, 0.2) is 0 Å². The molecule has 7 heteroatoms. The highest BCUT2D eigenvalue weighted by molar-refractivity contribution is 5.79. The summed E-state index contributed by atoms with van der Waals surface area (Å²) in [6.45, 7) is 7.14. The lowest BCUT2D eigenvalue weighted by Crippen LogP contribution is -2.47. The number of pyridine rings is 1. The summed E-state index contributed by atoms with van der Waals surface area (Å²) in [5.41, 5.74) is 1.71. The maximum atomic E-state index is 15.3. The number of anilines is 1. The second kappa shape index (κ2) is 7.93. The number of nitrogens with zero attached hydrogens (tertiary/aromatic N) is 2. The third-order valence-corrected chi connectivity index (χ3v) is 6.04. The predicted octanol–water partition coefficient (Wildman–Crippen LogP) is 5.82. The molecule has 2 atom stereocenters. The maximum absolute atomic E-state index is 15.3. The maximum Gasteiger partial charge on any atom is 0.222 e. The summed E-state index contributed by atoms with van der Waals surface area (Å²) in [7, 11) is 0. The van der Waals surface area contributed by atoms with Crippen LogP contribution in [0, 0.1) is 17.6 Å². The van der Waals surface area contributed by atoms with E-state index in [4.69, 9.17) is 0 Å². The van der Waals surface area contributed by atoms with Crippen molar-refractivity contribution < 1.29 is 17.6 Å². The molecule has 0 fully saturated rings. The third-order valence-electron chi connectivity index (χ3n) is 6.04. The smallest absolute Gasteiger partial charge is 0.222 e. The van der Waals surface area contributed by atoms with E-state index in [1.165, 1.54) is 32.0 Å². The van der Waals surface area contributed by atoms with Gasteiger partial charge in [0.1, 0.15) is 23.1 Å². The fourth-order valence-corrected chi connectivity index (χ4v) is 4.89. The molecule has 1 aliphatic heterocycles. The van der Waals surface area contributed by atoms with Crippen LogP contribution in [0.2, 0.25) is 0 Å². The first kappa shape index (κ1) is 21.8. The van der Waals surface area contributed by atoms with E-state index in [2.05, 4.69) is 10.3 Å². The fourth-order valence-electron chi connectivity index (χ4n) is 4.89. The van der Waals surface area contributed by atoms with Crippen LogP contribution >= 0.6 is 0 Å². The van der Waals surface area contributed by atoms with Crippen molar-refractivity contribution in [1.82, 2.24) is 9.88 Å². The number of hydrogen-bond donors (Lipinski definition) is 1. The van der Waals surface area contributed by atoms with Gasteiger partial charge in [0, 0.05) is 25.2 Å². The minimum absolute atomic E-state index is 0.00810. The lowest BCUT2D eigenvalue weighted by molar-refractivity contribution is 0.0674. The molecule has 0 saturated carbocycles. The van der Waals surface area contributed by atoms with Gasteiger partial charge in [-0.05, 0) is 74.9 Å². The van der Waals surface area contributed by atoms with Crippen molar-refractivity contribution in [2.24, 2.45) is 0 Å². The Kier molecular flexibility index (Phi) is 5.58. The highest BCUT2D eigenvalue weighted by atomic mass is 19.1. The molecule has 0 bridgehead atoms. The molecule has 1 N–H and O–H groups in total. The molecule has 2 unspecified atom stereocenters. The molecule has 31 heavy (non-hydrogen) atoms. The molecule has 0 amide bonds. The largest absolute Gasteiger partial charge is 0.370 e. The molecule has 1 aromatic carbocycles. The van der Waals surface area contributed by atoms with Gasteiger partial charge in [-0.15, -0.1) is 0 Å². The minimum Gasteiger partial charge on any atom is -0.370 e. The minimum atomic E-state index is -1.56. The molecule has 0 saturated heterocycles.